The van der Waals surface area contributed by atoms with Crippen LogP contribution in [0.4, 0.5) is 0 Å². The van der Waals surface area contributed by atoms with Crippen molar-refractivity contribution in [2.45, 2.75) is 25.8 Å². The topological polar surface area (TPSA) is 75.0 Å². The molecule has 1 saturated heterocycles. The monoisotopic (exact) mass is 322 g/mol. The molecule has 6 nitrogen and oxygen atoms in total. The van der Waals surface area contributed by atoms with Crippen LogP contribution in [0.15, 0.2) is 47.0 Å². The van der Waals surface area contributed by atoms with E-state index in [1.54, 1.807) is 12.3 Å². The minimum atomic E-state index is -0.0751. The van der Waals surface area contributed by atoms with E-state index in [-0.39, 0.29) is 11.9 Å². The second-order valence-electron chi connectivity index (χ2n) is 5.99. The molecule has 0 saturated carbocycles. The van der Waals surface area contributed by atoms with Crippen LogP contribution in [0.25, 0.3) is 11.5 Å². The van der Waals surface area contributed by atoms with Gasteiger partial charge in [-0.3, -0.25) is 14.9 Å². The smallest absolute Gasteiger partial charge is 0.274 e. The summed E-state index contributed by atoms with van der Waals surface area (Å²) in [6, 6.07) is 11.3. The quantitative estimate of drug-likeness (QED) is 0.802. The van der Waals surface area contributed by atoms with Gasteiger partial charge in [0.1, 0.15) is 11.5 Å². The summed E-state index contributed by atoms with van der Waals surface area (Å²) in [5.41, 5.74) is 2.04. The van der Waals surface area contributed by atoms with Crippen molar-refractivity contribution in [3.63, 3.8) is 0 Å². The van der Waals surface area contributed by atoms with E-state index in [1.165, 1.54) is 0 Å². The molecule has 3 aromatic rings. The largest absolute Gasteiger partial charge is 0.460 e. The van der Waals surface area contributed by atoms with Crippen LogP contribution in [-0.2, 0) is 0 Å². The van der Waals surface area contributed by atoms with Gasteiger partial charge in [0.2, 0.25) is 0 Å². The number of nitrogens with one attached hydrogen (secondary N) is 1. The van der Waals surface area contributed by atoms with Gasteiger partial charge in [-0.05, 0) is 44.0 Å². The molecule has 0 radical (unpaired) electrons. The van der Waals surface area contributed by atoms with Gasteiger partial charge in [0.05, 0.1) is 11.7 Å². The third-order valence-electron chi connectivity index (χ3n) is 4.35. The molecule has 4 heterocycles. The van der Waals surface area contributed by atoms with Gasteiger partial charge in [0.25, 0.3) is 5.91 Å². The average Bonchev–Trinajstić information content (AvgIpc) is 3.35. The number of furan rings is 1. The molecular weight excluding hydrogens is 304 g/mol. The zero-order valence-electron chi connectivity index (χ0n) is 13.4. The minimum absolute atomic E-state index is 0.0182. The maximum atomic E-state index is 12.9. The van der Waals surface area contributed by atoms with Gasteiger partial charge in [-0.25, -0.2) is 0 Å². The van der Waals surface area contributed by atoms with E-state index in [0.717, 1.165) is 30.8 Å². The number of carbonyl (C=O) groups is 1. The molecule has 1 atom stereocenters. The zero-order valence-corrected chi connectivity index (χ0v) is 13.4. The van der Waals surface area contributed by atoms with Gasteiger partial charge in [-0.2, -0.15) is 5.10 Å². The second-order valence-corrected chi connectivity index (χ2v) is 5.99. The number of pyridine rings is 1. The Balaban J connectivity index is 1.58. The molecule has 1 N–H and O–H groups in total. The Bertz CT molecular complexity index is 853. The standard InChI is InChI=1S/C18H18N4O2/c1-12-7-8-17(24-12)14-11-15(21-20-14)18(23)22-10-4-6-16(22)13-5-2-3-9-19-13/h2-3,5,7-9,11,16H,4,6,10H2,1H3,(H,20,21)/t16-/m0/s1. The molecular formula is C18H18N4O2. The summed E-state index contributed by atoms with van der Waals surface area (Å²) < 4.78 is 5.57. The van der Waals surface area contributed by atoms with Crippen LogP contribution >= 0.6 is 0 Å². The lowest BCUT2D eigenvalue weighted by Gasteiger charge is -2.23. The van der Waals surface area contributed by atoms with Crippen molar-refractivity contribution in [3.05, 3.63) is 59.7 Å². The summed E-state index contributed by atoms with van der Waals surface area (Å²) in [6.45, 7) is 2.61. The highest BCUT2D eigenvalue weighted by molar-refractivity contribution is 5.93. The van der Waals surface area contributed by atoms with E-state index in [1.807, 2.05) is 42.2 Å². The van der Waals surface area contributed by atoms with Crippen molar-refractivity contribution in [3.8, 4) is 11.5 Å². The van der Waals surface area contributed by atoms with E-state index in [0.29, 0.717) is 17.1 Å². The highest BCUT2D eigenvalue weighted by atomic mass is 16.3. The molecule has 1 fully saturated rings. The summed E-state index contributed by atoms with van der Waals surface area (Å²) in [4.78, 5) is 19.1. The summed E-state index contributed by atoms with van der Waals surface area (Å²) >= 11 is 0. The molecule has 6 heteroatoms. The Hall–Kier alpha value is -2.89. The normalized spacial score (nSPS) is 17.4. The van der Waals surface area contributed by atoms with Crippen LogP contribution < -0.4 is 0 Å². The van der Waals surface area contributed by atoms with E-state index >= 15 is 0 Å². The molecule has 0 unspecified atom stereocenters. The Morgan fingerprint density at radius 3 is 3.00 bits per heavy atom. The second kappa shape index (κ2) is 5.96. The van der Waals surface area contributed by atoms with E-state index in [2.05, 4.69) is 15.2 Å². The van der Waals surface area contributed by atoms with Gasteiger partial charge in [0, 0.05) is 18.8 Å². The lowest BCUT2D eigenvalue weighted by molar-refractivity contribution is 0.0727. The predicted octanol–water partition coefficient (Wildman–Crippen LogP) is 3.35. The first-order chi connectivity index (χ1) is 11.7. The van der Waals surface area contributed by atoms with Crippen molar-refractivity contribution in [1.29, 1.82) is 0 Å². The molecule has 122 valence electrons. The Kier molecular flexibility index (Phi) is 3.65. The van der Waals surface area contributed by atoms with Gasteiger partial charge in [-0.1, -0.05) is 6.07 Å². The van der Waals surface area contributed by atoms with Crippen LogP contribution in [0, 0.1) is 6.92 Å². The first kappa shape index (κ1) is 14.7. The summed E-state index contributed by atoms with van der Waals surface area (Å²) in [5, 5.41) is 7.07. The van der Waals surface area contributed by atoms with E-state index in [4.69, 9.17) is 4.42 Å². The number of aryl methyl sites for hydroxylation is 1. The molecule has 0 bridgehead atoms. The maximum Gasteiger partial charge on any atom is 0.274 e. The molecule has 0 aromatic carbocycles. The SMILES string of the molecule is Cc1ccc(-c2cc(C(=O)N3CCC[C@H]3c3ccccn3)n[nH]2)o1. The number of amides is 1. The first-order valence-corrected chi connectivity index (χ1v) is 8.06. The Morgan fingerprint density at radius 2 is 2.25 bits per heavy atom. The number of aromatic nitrogens is 3. The predicted molar refractivity (Wildman–Crippen MR) is 88.3 cm³/mol. The lowest BCUT2D eigenvalue weighted by atomic mass is 10.1. The summed E-state index contributed by atoms with van der Waals surface area (Å²) in [5.74, 6) is 1.43. The highest BCUT2D eigenvalue weighted by Crippen LogP contribution is 2.32. The number of hydrogen-bond donors (Lipinski definition) is 1. The molecule has 1 aliphatic heterocycles. The van der Waals surface area contributed by atoms with Crippen molar-refractivity contribution in [2.75, 3.05) is 6.54 Å². The number of carbonyl (C=O) groups excluding carboxylic acids is 1. The van der Waals surface area contributed by atoms with Crippen molar-refractivity contribution in [2.24, 2.45) is 0 Å². The number of likely N-dealkylation sites (tertiary alicyclic amines) is 1. The van der Waals surface area contributed by atoms with Gasteiger partial charge in [0.15, 0.2) is 11.5 Å². The van der Waals surface area contributed by atoms with Crippen LogP contribution in [0.5, 0.6) is 0 Å². The molecule has 1 aliphatic rings. The highest BCUT2D eigenvalue weighted by Gasteiger charge is 2.32. The summed E-state index contributed by atoms with van der Waals surface area (Å²) in [7, 11) is 0. The molecule has 3 aromatic heterocycles. The number of H-pyrrole nitrogens is 1. The Labute approximate surface area is 139 Å². The fourth-order valence-corrected chi connectivity index (χ4v) is 3.17. The van der Waals surface area contributed by atoms with Gasteiger partial charge in [-0.15, -0.1) is 0 Å². The molecule has 0 spiro atoms. The number of rotatable bonds is 3. The third kappa shape index (κ3) is 2.60. The van der Waals surface area contributed by atoms with Crippen LogP contribution in [0.3, 0.4) is 0 Å². The number of hydrogen-bond acceptors (Lipinski definition) is 4. The fraction of sp³-hybridized carbons (Fsp3) is 0.278. The van der Waals surface area contributed by atoms with E-state index < -0.39 is 0 Å². The summed E-state index contributed by atoms with van der Waals surface area (Å²) in [6.07, 6.45) is 3.67. The lowest BCUT2D eigenvalue weighted by Crippen LogP contribution is -2.31. The Morgan fingerprint density at radius 1 is 1.33 bits per heavy atom. The van der Waals surface area contributed by atoms with Gasteiger partial charge < -0.3 is 9.32 Å². The molecule has 24 heavy (non-hydrogen) atoms. The van der Waals surface area contributed by atoms with Crippen LogP contribution in [0.2, 0.25) is 0 Å². The minimum Gasteiger partial charge on any atom is -0.460 e. The first-order valence-electron chi connectivity index (χ1n) is 8.06. The molecule has 0 aliphatic carbocycles. The van der Waals surface area contributed by atoms with E-state index in [9.17, 15) is 4.79 Å². The fourth-order valence-electron chi connectivity index (χ4n) is 3.17. The molecule has 1 amide bonds. The van der Waals surface area contributed by atoms with Crippen LogP contribution in [0.1, 0.15) is 40.8 Å². The van der Waals surface area contributed by atoms with Crippen molar-refractivity contribution in [1.82, 2.24) is 20.1 Å². The average molecular weight is 322 g/mol. The number of aromatic amines is 1. The molecule has 4 rings (SSSR count). The van der Waals surface area contributed by atoms with Crippen LogP contribution in [-0.4, -0.2) is 32.5 Å². The third-order valence-corrected chi connectivity index (χ3v) is 4.35. The zero-order chi connectivity index (χ0) is 16.5. The van der Waals surface area contributed by atoms with Crippen molar-refractivity contribution >= 4 is 5.91 Å². The van der Waals surface area contributed by atoms with Gasteiger partial charge >= 0.3 is 0 Å². The van der Waals surface area contributed by atoms with Crippen molar-refractivity contribution < 1.29 is 9.21 Å². The maximum absolute atomic E-state index is 12.9. The number of nitrogens with zero attached hydrogens (tertiary/aromatic N) is 3.